The molecule has 312 valence electrons. The molecule has 59 heavy (non-hydrogen) atoms. The van der Waals surface area contributed by atoms with E-state index in [1.807, 2.05) is 22.6 Å². The third-order valence-electron chi connectivity index (χ3n) is 12.3. The van der Waals surface area contributed by atoms with Gasteiger partial charge < -0.3 is 24.3 Å². The average molecular weight is 826 g/mol. The first-order chi connectivity index (χ1) is 28.5. The maximum atomic E-state index is 13.5. The number of imide groups is 1. The zero-order valence-corrected chi connectivity index (χ0v) is 34.7. The van der Waals surface area contributed by atoms with Crippen molar-refractivity contribution in [1.29, 1.82) is 0 Å². The number of likely N-dealkylation sites (tertiary alicyclic amines) is 1. The number of nitrogens with zero attached hydrogens (tertiary/aromatic N) is 7. The summed E-state index contributed by atoms with van der Waals surface area (Å²) in [5.74, 6) is 0.560. The highest BCUT2D eigenvalue weighted by molar-refractivity contribution is 6.34. The van der Waals surface area contributed by atoms with Crippen molar-refractivity contribution in [2.75, 3.05) is 82.9 Å². The molecule has 4 aliphatic rings. The predicted molar refractivity (Wildman–Crippen MR) is 224 cm³/mol. The van der Waals surface area contributed by atoms with Gasteiger partial charge in [0, 0.05) is 103 Å². The van der Waals surface area contributed by atoms with Crippen LogP contribution >= 0.6 is 11.6 Å². The van der Waals surface area contributed by atoms with Gasteiger partial charge in [-0.1, -0.05) is 11.6 Å². The SMILES string of the molecule is CO[C@@]1(c2cc(CN3CCC(CCN4CCN(C(=O)c5ccc(Cl)c(N6CCC(=O)NC6=O)c5)CC4)CC3)cc(-c3cn(C)c4cnc(NC(C)=O)cc34)n2)CCOC1. The molecule has 15 nitrogen and oxygen atoms in total. The quantitative estimate of drug-likeness (QED) is 0.211. The molecule has 2 N–H and O–H groups in total. The molecule has 0 unspecified atom stereocenters. The Labute approximate surface area is 349 Å². The minimum Gasteiger partial charge on any atom is -0.378 e. The van der Waals surface area contributed by atoms with Crippen LogP contribution in [0.15, 0.2) is 48.8 Å². The lowest BCUT2D eigenvalue weighted by atomic mass is 9.92. The molecular weight excluding hydrogens is 774 g/mol. The van der Waals surface area contributed by atoms with Gasteiger partial charge in [-0.15, -0.1) is 0 Å². The number of aryl methyl sites for hydroxylation is 1. The smallest absolute Gasteiger partial charge is 0.328 e. The van der Waals surface area contributed by atoms with Gasteiger partial charge in [-0.25, -0.2) is 14.8 Å². The number of carbonyl (C=O) groups excluding carboxylic acids is 4. The number of ether oxygens (including phenoxy) is 2. The number of pyridine rings is 2. The second-order valence-corrected chi connectivity index (χ2v) is 16.6. The van der Waals surface area contributed by atoms with Gasteiger partial charge in [-0.05, 0) is 86.8 Å². The lowest BCUT2D eigenvalue weighted by molar-refractivity contribution is -0.120. The van der Waals surface area contributed by atoms with E-state index in [1.54, 1.807) is 31.5 Å². The third-order valence-corrected chi connectivity index (χ3v) is 12.7. The number of carbonyl (C=O) groups is 4. The van der Waals surface area contributed by atoms with Gasteiger partial charge in [0.25, 0.3) is 5.91 Å². The first kappa shape index (κ1) is 40.8. The molecule has 8 rings (SSSR count). The van der Waals surface area contributed by atoms with E-state index >= 15 is 0 Å². The molecule has 0 radical (unpaired) electrons. The normalized spacial score (nSPS) is 21.0. The number of rotatable bonds is 11. The van der Waals surface area contributed by atoms with Crippen LogP contribution in [0.25, 0.3) is 22.2 Å². The van der Waals surface area contributed by atoms with Crippen LogP contribution in [0.2, 0.25) is 5.02 Å². The Morgan fingerprint density at radius 2 is 1.83 bits per heavy atom. The molecule has 4 aromatic rings. The van der Waals surface area contributed by atoms with Gasteiger partial charge in [0.05, 0.1) is 40.4 Å². The van der Waals surface area contributed by atoms with Crippen LogP contribution in [-0.2, 0) is 38.3 Å². The molecule has 4 saturated heterocycles. The number of nitrogens with one attached hydrogen (secondary N) is 2. The highest BCUT2D eigenvalue weighted by atomic mass is 35.5. The van der Waals surface area contributed by atoms with Gasteiger partial charge in [0.2, 0.25) is 11.8 Å². The van der Waals surface area contributed by atoms with Crippen LogP contribution in [0.4, 0.5) is 16.3 Å². The second kappa shape index (κ2) is 17.3. The fourth-order valence-electron chi connectivity index (χ4n) is 8.85. The maximum absolute atomic E-state index is 13.5. The molecule has 1 atom stereocenters. The number of benzene rings is 1. The number of anilines is 2. The Morgan fingerprint density at radius 1 is 1.03 bits per heavy atom. The van der Waals surface area contributed by atoms with Crippen molar-refractivity contribution in [3.63, 3.8) is 0 Å². The Bertz CT molecular complexity index is 2240. The van der Waals surface area contributed by atoms with Gasteiger partial charge in [-0.3, -0.25) is 34.4 Å². The lowest BCUT2D eigenvalue weighted by Crippen LogP contribution is -2.50. The molecule has 0 spiro atoms. The van der Waals surface area contributed by atoms with E-state index < -0.39 is 11.6 Å². The number of piperazine rings is 1. The number of urea groups is 1. The topological polar surface area (TPSA) is 154 Å². The van der Waals surface area contributed by atoms with Crippen LogP contribution < -0.4 is 15.5 Å². The molecule has 7 heterocycles. The van der Waals surface area contributed by atoms with Gasteiger partial charge in [-0.2, -0.15) is 0 Å². The molecule has 4 fully saturated rings. The first-order valence-electron chi connectivity index (χ1n) is 20.5. The Balaban J connectivity index is 0.870. The summed E-state index contributed by atoms with van der Waals surface area (Å²) in [7, 11) is 3.73. The van der Waals surface area contributed by atoms with E-state index in [9.17, 15) is 19.2 Å². The highest BCUT2D eigenvalue weighted by Gasteiger charge is 2.39. The maximum Gasteiger partial charge on any atom is 0.328 e. The van der Waals surface area contributed by atoms with Crippen molar-refractivity contribution in [1.82, 2.24) is 34.6 Å². The number of fused-ring (bicyclic) bond motifs is 1. The summed E-state index contributed by atoms with van der Waals surface area (Å²) in [5, 5.41) is 6.45. The second-order valence-electron chi connectivity index (χ2n) is 16.2. The van der Waals surface area contributed by atoms with E-state index in [0.29, 0.717) is 54.3 Å². The summed E-state index contributed by atoms with van der Waals surface area (Å²) < 4.78 is 14.0. The predicted octanol–water partition coefficient (Wildman–Crippen LogP) is 5.02. The number of piperidine rings is 1. The summed E-state index contributed by atoms with van der Waals surface area (Å²) >= 11 is 6.42. The van der Waals surface area contributed by atoms with E-state index in [-0.39, 0.29) is 30.7 Å². The van der Waals surface area contributed by atoms with Crippen LogP contribution in [0, 0.1) is 5.92 Å². The molecule has 0 bridgehead atoms. The molecule has 0 aliphatic carbocycles. The number of amides is 5. The minimum atomic E-state index is -0.612. The molecule has 0 saturated carbocycles. The van der Waals surface area contributed by atoms with Crippen LogP contribution in [0.5, 0.6) is 0 Å². The van der Waals surface area contributed by atoms with Gasteiger partial charge >= 0.3 is 6.03 Å². The van der Waals surface area contributed by atoms with E-state index in [4.69, 9.17) is 26.1 Å². The summed E-state index contributed by atoms with van der Waals surface area (Å²) in [4.78, 5) is 67.4. The van der Waals surface area contributed by atoms with Gasteiger partial charge in [0.15, 0.2) is 0 Å². The average Bonchev–Trinajstić information content (AvgIpc) is 3.86. The van der Waals surface area contributed by atoms with Crippen molar-refractivity contribution in [3.05, 3.63) is 70.6 Å². The largest absolute Gasteiger partial charge is 0.378 e. The molecule has 3 aromatic heterocycles. The van der Waals surface area contributed by atoms with E-state index in [0.717, 1.165) is 92.8 Å². The Kier molecular flexibility index (Phi) is 12.0. The fraction of sp³-hybridized carbons (Fsp3) is 0.488. The van der Waals surface area contributed by atoms with Crippen LogP contribution in [0.3, 0.4) is 0 Å². The number of methoxy groups -OCH3 is 1. The molecule has 16 heteroatoms. The van der Waals surface area contributed by atoms with Crippen molar-refractivity contribution < 1.29 is 28.7 Å². The third kappa shape index (κ3) is 8.85. The van der Waals surface area contributed by atoms with Crippen molar-refractivity contribution in [3.8, 4) is 11.3 Å². The zero-order valence-electron chi connectivity index (χ0n) is 34.0. The Hall–Kier alpha value is -4.93. The number of aromatic nitrogens is 3. The summed E-state index contributed by atoms with van der Waals surface area (Å²) in [5.41, 5.74) is 5.11. The molecule has 5 amide bonds. The monoisotopic (exact) mass is 825 g/mol. The summed E-state index contributed by atoms with van der Waals surface area (Å²) in [6.07, 6.45) is 8.15. The Morgan fingerprint density at radius 3 is 2.54 bits per heavy atom. The van der Waals surface area contributed by atoms with Gasteiger partial charge in [0.1, 0.15) is 11.4 Å². The molecule has 1 aromatic carbocycles. The molecular formula is C43H52ClN9O6. The standard InChI is InChI=1S/C43H52ClN9O6/c1-28(54)46-39-23-32-33(26-49(2)37(32)24-45-39)35-20-30(21-38(47-35)43(58-3)10-19-59-27-43)25-51-12-7-29(8-13-51)6-11-50-15-17-52(18-16-50)41(56)31-4-5-34(44)36(22-31)53-14-9-40(55)48-42(53)57/h4-5,20-24,26,29H,6-19,25,27H2,1-3H3,(H,45,46,54)(H,48,55,57)/t43-/m0/s1. The summed E-state index contributed by atoms with van der Waals surface area (Å²) in [6, 6.07) is 10.7. The highest BCUT2D eigenvalue weighted by Crippen LogP contribution is 2.38. The number of halogens is 1. The van der Waals surface area contributed by atoms with Crippen LogP contribution in [-0.4, -0.2) is 126 Å². The number of hydrogen-bond donors (Lipinski definition) is 2. The number of hydrogen-bond acceptors (Lipinski definition) is 10. The molecule has 4 aliphatic heterocycles. The van der Waals surface area contributed by atoms with Crippen LogP contribution in [0.1, 0.15) is 60.6 Å². The van der Waals surface area contributed by atoms with Crippen molar-refractivity contribution >= 4 is 57.8 Å². The van der Waals surface area contributed by atoms with Crippen molar-refractivity contribution in [2.45, 2.75) is 51.2 Å². The first-order valence-corrected chi connectivity index (χ1v) is 20.9. The lowest BCUT2D eigenvalue weighted by Gasteiger charge is -2.37. The van der Waals surface area contributed by atoms with E-state index in [2.05, 4.69) is 43.7 Å². The van der Waals surface area contributed by atoms with Crippen molar-refractivity contribution in [2.24, 2.45) is 13.0 Å². The minimum absolute atomic E-state index is 0.0867. The fourth-order valence-corrected chi connectivity index (χ4v) is 9.07. The zero-order chi connectivity index (χ0) is 41.3. The van der Waals surface area contributed by atoms with E-state index in [1.165, 1.54) is 17.4 Å². The summed E-state index contributed by atoms with van der Waals surface area (Å²) in [6.45, 7) is 9.48.